The summed E-state index contributed by atoms with van der Waals surface area (Å²) in [4.78, 5) is 1.72. The Morgan fingerprint density at radius 2 is 1.91 bits per heavy atom. The molecular formula is C20H24ClF2N3O5S. The van der Waals surface area contributed by atoms with Crippen LogP contribution in [0.4, 0.5) is 20.2 Å². The number of anilines is 2. The second-order valence-electron chi connectivity index (χ2n) is 7.01. The average molecular weight is 492 g/mol. The molecule has 1 saturated heterocycles. The molecule has 0 bridgehead atoms. The number of alkyl halides is 2. The Balaban J connectivity index is 0.00000289. The quantitative estimate of drug-likeness (QED) is 0.665. The van der Waals surface area contributed by atoms with Crippen molar-refractivity contribution < 1.29 is 31.4 Å². The summed E-state index contributed by atoms with van der Waals surface area (Å²) in [6.45, 7) is 4.82. The number of hydrogen-bond donors (Lipinski definition) is 1. The zero-order valence-corrected chi connectivity index (χ0v) is 19.1. The third-order valence-electron chi connectivity index (χ3n) is 5.16. The third-order valence-corrected chi connectivity index (χ3v) is 7.08. The number of benzene rings is 2. The van der Waals surface area contributed by atoms with E-state index in [1.807, 2.05) is 0 Å². The van der Waals surface area contributed by atoms with Crippen LogP contribution in [0.3, 0.4) is 0 Å². The molecule has 32 heavy (non-hydrogen) atoms. The van der Waals surface area contributed by atoms with Gasteiger partial charge in [0.2, 0.25) is 0 Å². The topological polar surface area (TPSA) is 80.3 Å². The van der Waals surface area contributed by atoms with Gasteiger partial charge in [-0.25, -0.2) is 8.42 Å². The maximum absolute atomic E-state index is 13.6. The summed E-state index contributed by atoms with van der Waals surface area (Å²) in [7, 11) is -2.67. The summed E-state index contributed by atoms with van der Waals surface area (Å²) in [6, 6.07) is 8.86. The Morgan fingerprint density at radius 3 is 2.56 bits per heavy atom. The lowest BCUT2D eigenvalue weighted by Gasteiger charge is -2.32. The first-order valence-corrected chi connectivity index (χ1v) is 11.3. The predicted octanol–water partition coefficient (Wildman–Crippen LogP) is 3.06. The molecule has 1 fully saturated rings. The summed E-state index contributed by atoms with van der Waals surface area (Å²) >= 11 is 0. The van der Waals surface area contributed by atoms with Crippen LogP contribution in [0.2, 0.25) is 0 Å². The molecule has 0 amide bonds. The van der Waals surface area contributed by atoms with Gasteiger partial charge in [-0.2, -0.15) is 0 Å². The largest absolute Gasteiger partial charge is 0.586 e. The molecule has 0 radical (unpaired) electrons. The smallest absolute Gasteiger partial charge is 0.495 e. The highest BCUT2D eigenvalue weighted by Crippen LogP contribution is 2.46. The van der Waals surface area contributed by atoms with Crippen LogP contribution in [-0.4, -0.2) is 54.5 Å². The van der Waals surface area contributed by atoms with Crippen molar-refractivity contribution in [2.45, 2.75) is 18.1 Å². The lowest BCUT2D eigenvalue weighted by Crippen LogP contribution is -2.43. The van der Waals surface area contributed by atoms with E-state index in [0.29, 0.717) is 11.4 Å². The van der Waals surface area contributed by atoms with Crippen LogP contribution in [-0.2, 0) is 10.0 Å². The van der Waals surface area contributed by atoms with Crippen molar-refractivity contribution >= 4 is 33.8 Å². The predicted molar refractivity (Wildman–Crippen MR) is 118 cm³/mol. The molecule has 1 N–H and O–H groups in total. The standard InChI is InChI=1S/C20H23F2N3O5S.ClH/c1-3-25(14-7-8-16(28-2)15(13-14)24-11-9-23-10-12-24)31(26,27)18-6-4-5-17-19(18)30-20(21,22)29-17;/h4-8,13,23H,3,9-12H2,1-2H3;1H. The third kappa shape index (κ3) is 4.37. The van der Waals surface area contributed by atoms with Gasteiger partial charge in [0, 0.05) is 32.7 Å². The van der Waals surface area contributed by atoms with E-state index in [1.54, 1.807) is 32.2 Å². The highest BCUT2D eigenvalue weighted by molar-refractivity contribution is 7.93. The zero-order valence-electron chi connectivity index (χ0n) is 17.5. The van der Waals surface area contributed by atoms with Gasteiger partial charge >= 0.3 is 6.29 Å². The summed E-state index contributed by atoms with van der Waals surface area (Å²) in [5.74, 6) is -0.198. The van der Waals surface area contributed by atoms with Crippen molar-refractivity contribution in [1.29, 1.82) is 0 Å². The molecule has 0 spiro atoms. The number of hydrogen-bond acceptors (Lipinski definition) is 7. The number of ether oxygens (including phenoxy) is 3. The summed E-state index contributed by atoms with van der Waals surface area (Å²) in [6.07, 6.45) is -3.92. The van der Waals surface area contributed by atoms with Crippen LogP contribution in [0.5, 0.6) is 17.2 Å². The molecule has 8 nitrogen and oxygen atoms in total. The van der Waals surface area contributed by atoms with E-state index in [9.17, 15) is 17.2 Å². The van der Waals surface area contributed by atoms with E-state index in [2.05, 4.69) is 19.7 Å². The molecule has 176 valence electrons. The van der Waals surface area contributed by atoms with Gasteiger partial charge in [0.15, 0.2) is 11.5 Å². The first-order chi connectivity index (χ1) is 14.8. The van der Waals surface area contributed by atoms with Crippen LogP contribution < -0.4 is 28.7 Å². The molecule has 4 rings (SSSR count). The minimum atomic E-state index is -4.22. The van der Waals surface area contributed by atoms with Gasteiger partial charge in [-0.3, -0.25) is 4.31 Å². The van der Waals surface area contributed by atoms with Gasteiger partial charge < -0.3 is 24.4 Å². The Hall–Kier alpha value is -2.50. The van der Waals surface area contributed by atoms with Crippen LogP contribution in [0.1, 0.15) is 6.92 Å². The lowest BCUT2D eigenvalue weighted by atomic mass is 10.2. The van der Waals surface area contributed by atoms with Gasteiger partial charge in [-0.05, 0) is 37.3 Å². The summed E-state index contributed by atoms with van der Waals surface area (Å²) in [5.41, 5.74) is 1.15. The van der Waals surface area contributed by atoms with Crippen LogP contribution >= 0.6 is 12.4 Å². The minimum absolute atomic E-state index is 0. The number of piperazine rings is 1. The Kier molecular flexibility index (Phi) is 6.91. The number of methoxy groups -OCH3 is 1. The molecule has 0 atom stereocenters. The second kappa shape index (κ2) is 9.16. The van der Waals surface area contributed by atoms with Crippen molar-refractivity contribution in [2.75, 3.05) is 49.0 Å². The second-order valence-corrected chi connectivity index (χ2v) is 8.84. The molecule has 0 aromatic heterocycles. The molecule has 2 aliphatic rings. The lowest BCUT2D eigenvalue weighted by molar-refractivity contribution is -0.287. The van der Waals surface area contributed by atoms with E-state index in [0.717, 1.165) is 36.2 Å². The highest BCUT2D eigenvalue weighted by Gasteiger charge is 2.46. The Bertz CT molecular complexity index is 1080. The van der Waals surface area contributed by atoms with E-state index in [-0.39, 0.29) is 29.6 Å². The average Bonchev–Trinajstić information content (AvgIpc) is 3.08. The fraction of sp³-hybridized carbons (Fsp3) is 0.400. The van der Waals surface area contributed by atoms with Gasteiger partial charge in [0.05, 0.1) is 18.5 Å². The monoisotopic (exact) mass is 491 g/mol. The van der Waals surface area contributed by atoms with Crippen LogP contribution in [0.25, 0.3) is 0 Å². The van der Waals surface area contributed by atoms with Gasteiger partial charge in [-0.1, -0.05) is 6.07 Å². The SMILES string of the molecule is CCN(c1ccc(OC)c(N2CCNCC2)c1)S(=O)(=O)c1cccc2c1OC(F)(F)O2.Cl. The van der Waals surface area contributed by atoms with Crippen LogP contribution in [0, 0.1) is 0 Å². The number of halogens is 3. The molecular weight excluding hydrogens is 468 g/mol. The Labute approximate surface area is 191 Å². The fourth-order valence-electron chi connectivity index (χ4n) is 3.74. The zero-order chi connectivity index (χ0) is 22.2. The fourth-order valence-corrected chi connectivity index (χ4v) is 5.34. The van der Waals surface area contributed by atoms with E-state index in [1.165, 1.54) is 18.2 Å². The van der Waals surface area contributed by atoms with Crippen LogP contribution in [0.15, 0.2) is 41.3 Å². The first-order valence-electron chi connectivity index (χ1n) is 9.82. The molecule has 12 heteroatoms. The first kappa shape index (κ1) is 24.1. The number of nitrogens with one attached hydrogen (secondary N) is 1. The maximum Gasteiger partial charge on any atom is 0.586 e. The number of para-hydroxylation sites is 1. The molecule has 2 aromatic carbocycles. The highest BCUT2D eigenvalue weighted by atomic mass is 35.5. The molecule has 0 saturated carbocycles. The molecule has 2 aromatic rings. The molecule has 2 heterocycles. The van der Waals surface area contributed by atoms with Crippen molar-refractivity contribution in [3.63, 3.8) is 0 Å². The van der Waals surface area contributed by atoms with Gasteiger partial charge in [0.25, 0.3) is 10.0 Å². The van der Waals surface area contributed by atoms with Crippen molar-refractivity contribution in [2.24, 2.45) is 0 Å². The maximum atomic E-state index is 13.6. The van der Waals surface area contributed by atoms with Gasteiger partial charge in [-0.15, -0.1) is 21.2 Å². The number of sulfonamides is 1. The van der Waals surface area contributed by atoms with E-state index < -0.39 is 22.1 Å². The number of rotatable bonds is 6. The number of nitrogens with zero attached hydrogens (tertiary/aromatic N) is 2. The van der Waals surface area contributed by atoms with E-state index >= 15 is 0 Å². The molecule has 0 aliphatic carbocycles. The van der Waals surface area contributed by atoms with E-state index in [4.69, 9.17) is 4.74 Å². The van der Waals surface area contributed by atoms with Crippen molar-refractivity contribution in [3.8, 4) is 17.2 Å². The Morgan fingerprint density at radius 1 is 1.19 bits per heavy atom. The summed E-state index contributed by atoms with van der Waals surface area (Å²) < 4.78 is 69.6. The number of fused-ring (bicyclic) bond motifs is 1. The summed E-state index contributed by atoms with van der Waals surface area (Å²) in [5, 5.41) is 3.27. The normalized spacial score (nSPS) is 16.9. The minimum Gasteiger partial charge on any atom is -0.495 e. The van der Waals surface area contributed by atoms with Gasteiger partial charge in [0.1, 0.15) is 10.6 Å². The van der Waals surface area contributed by atoms with Crippen molar-refractivity contribution in [1.82, 2.24) is 5.32 Å². The molecule has 2 aliphatic heterocycles. The molecule has 0 unspecified atom stereocenters. The van der Waals surface area contributed by atoms with Crippen molar-refractivity contribution in [3.05, 3.63) is 36.4 Å².